The number of hydrogen-bond acceptors (Lipinski definition) is 3. The van der Waals surface area contributed by atoms with Gasteiger partial charge in [-0.15, -0.1) is 0 Å². The number of likely N-dealkylation sites (tertiary alicyclic amines) is 1. The number of carbonyl (C=O) groups is 2. The molecule has 2 amide bonds. The monoisotopic (exact) mass is 411 g/mol. The summed E-state index contributed by atoms with van der Waals surface area (Å²) in [6.07, 6.45) is -4.45. The number of hydrogen-bond donors (Lipinski definition) is 0. The molecule has 1 aromatic carbocycles. The van der Waals surface area contributed by atoms with Crippen molar-refractivity contribution in [3.05, 3.63) is 35.4 Å². The molecular weight excluding hydrogens is 383 g/mol. The summed E-state index contributed by atoms with van der Waals surface area (Å²) >= 11 is 0. The molecule has 29 heavy (non-hydrogen) atoms. The quantitative estimate of drug-likeness (QED) is 0.768. The van der Waals surface area contributed by atoms with Crippen LogP contribution in [0.4, 0.5) is 13.2 Å². The third kappa shape index (κ3) is 4.74. The van der Waals surface area contributed by atoms with Gasteiger partial charge in [0.25, 0.3) is 0 Å². The minimum absolute atomic E-state index is 0.0698. The summed E-state index contributed by atoms with van der Waals surface area (Å²) in [6.45, 7) is 6.82. The van der Waals surface area contributed by atoms with E-state index in [0.29, 0.717) is 18.7 Å². The molecule has 160 valence electrons. The molecule has 0 aliphatic carbocycles. The predicted octanol–water partition coefficient (Wildman–Crippen LogP) is 2.68. The van der Waals surface area contributed by atoms with E-state index in [-0.39, 0.29) is 30.8 Å². The van der Waals surface area contributed by atoms with Gasteiger partial charge in [0.1, 0.15) is 0 Å². The largest absolute Gasteiger partial charge is 0.416 e. The van der Waals surface area contributed by atoms with Crippen molar-refractivity contribution in [2.24, 2.45) is 11.8 Å². The summed E-state index contributed by atoms with van der Waals surface area (Å²) in [5, 5.41) is 0. The van der Waals surface area contributed by atoms with E-state index in [9.17, 15) is 22.8 Å². The van der Waals surface area contributed by atoms with Crippen LogP contribution >= 0.6 is 0 Å². The van der Waals surface area contributed by atoms with Crippen molar-refractivity contribution in [2.75, 3.05) is 46.3 Å². The Morgan fingerprint density at radius 3 is 2.28 bits per heavy atom. The number of amides is 2. The zero-order valence-corrected chi connectivity index (χ0v) is 17.1. The van der Waals surface area contributed by atoms with Crippen LogP contribution in [0.15, 0.2) is 24.3 Å². The number of nitrogens with zero attached hydrogens (tertiary/aromatic N) is 3. The lowest BCUT2D eigenvalue weighted by atomic mass is 9.87. The molecule has 2 aliphatic heterocycles. The zero-order valence-electron chi connectivity index (χ0n) is 17.1. The summed E-state index contributed by atoms with van der Waals surface area (Å²) in [5.41, 5.74) is -0.263. The summed E-state index contributed by atoms with van der Waals surface area (Å²) < 4.78 is 39.6. The minimum Gasteiger partial charge on any atom is -0.341 e. The number of piperazine rings is 1. The van der Waals surface area contributed by atoms with E-state index in [2.05, 4.69) is 4.90 Å². The van der Waals surface area contributed by atoms with Gasteiger partial charge < -0.3 is 14.7 Å². The summed E-state index contributed by atoms with van der Waals surface area (Å²) in [4.78, 5) is 31.4. The Morgan fingerprint density at radius 2 is 1.69 bits per heavy atom. The third-order valence-electron chi connectivity index (χ3n) is 5.90. The van der Waals surface area contributed by atoms with Gasteiger partial charge in [-0.05, 0) is 18.7 Å². The lowest BCUT2D eigenvalue weighted by molar-refractivity contribution is -0.138. The van der Waals surface area contributed by atoms with Gasteiger partial charge in [-0.25, -0.2) is 0 Å². The van der Waals surface area contributed by atoms with Crippen molar-refractivity contribution in [3.8, 4) is 0 Å². The SMILES string of the molecule is CC(C)C(=O)N1C[C@@H](C(=O)N2CCN(C)CC2)[C@H](c2cccc(C(F)(F)F)c2)C1. The van der Waals surface area contributed by atoms with Crippen LogP contribution in [0.1, 0.15) is 30.9 Å². The Balaban J connectivity index is 1.89. The van der Waals surface area contributed by atoms with Gasteiger partial charge in [0.15, 0.2) is 0 Å². The minimum atomic E-state index is -4.45. The van der Waals surface area contributed by atoms with Crippen molar-refractivity contribution in [1.29, 1.82) is 0 Å². The molecule has 0 N–H and O–H groups in total. The molecule has 2 fully saturated rings. The van der Waals surface area contributed by atoms with Crippen LogP contribution in [0.2, 0.25) is 0 Å². The Bertz CT molecular complexity index is 758. The van der Waals surface area contributed by atoms with Crippen molar-refractivity contribution in [2.45, 2.75) is 25.9 Å². The average molecular weight is 411 g/mol. The van der Waals surface area contributed by atoms with E-state index in [1.807, 2.05) is 7.05 Å². The first-order chi connectivity index (χ1) is 13.6. The van der Waals surface area contributed by atoms with Crippen molar-refractivity contribution in [1.82, 2.24) is 14.7 Å². The highest BCUT2D eigenvalue weighted by molar-refractivity contribution is 5.84. The Hall–Kier alpha value is -2.09. The molecule has 2 aliphatic rings. The third-order valence-corrected chi connectivity index (χ3v) is 5.90. The second kappa shape index (κ2) is 8.34. The first kappa shape index (κ1) is 21.6. The molecule has 2 heterocycles. The molecule has 0 radical (unpaired) electrons. The van der Waals surface area contributed by atoms with Gasteiger partial charge in [-0.1, -0.05) is 32.0 Å². The summed E-state index contributed by atoms with van der Waals surface area (Å²) in [6, 6.07) is 5.17. The molecule has 0 spiro atoms. The molecule has 0 saturated carbocycles. The van der Waals surface area contributed by atoms with E-state index in [0.717, 1.165) is 25.2 Å². The van der Waals surface area contributed by atoms with E-state index in [4.69, 9.17) is 0 Å². The van der Waals surface area contributed by atoms with Gasteiger partial charge in [0.2, 0.25) is 11.8 Å². The number of halogens is 3. The van der Waals surface area contributed by atoms with Crippen molar-refractivity contribution >= 4 is 11.8 Å². The average Bonchev–Trinajstić information content (AvgIpc) is 3.12. The fourth-order valence-electron chi connectivity index (χ4n) is 4.14. The number of benzene rings is 1. The van der Waals surface area contributed by atoms with Crippen LogP contribution < -0.4 is 0 Å². The van der Waals surface area contributed by atoms with E-state index >= 15 is 0 Å². The van der Waals surface area contributed by atoms with Crippen LogP contribution in [-0.4, -0.2) is 72.8 Å². The number of alkyl halides is 3. The molecule has 2 saturated heterocycles. The lowest BCUT2D eigenvalue weighted by Crippen LogP contribution is -2.50. The summed E-state index contributed by atoms with van der Waals surface area (Å²) in [7, 11) is 1.99. The Kier molecular flexibility index (Phi) is 6.22. The highest BCUT2D eigenvalue weighted by atomic mass is 19.4. The number of likely N-dealkylation sites (N-methyl/N-ethyl adjacent to an activating group) is 1. The summed E-state index contributed by atoms with van der Waals surface area (Å²) in [5.74, 6) is -1.33. The normalized spacial score (nSPS) is 23.7. The zero-order chi connectivity index (χ0) is 21.3. The highest BCUT2D eigenvalue weighted by Gasteiger charge is 2.43. The highest BCUT2D eigenvalue weighted by Crippen LogP contribution is 2.37. The van der Waals surface area contributed by atoms with E-state index in [1.54, 1.807) is 29.7 Å². The fourth-order valence-corrected chi connectivity index (χ4v) is 4.14. The first-order valence-electron chi connectivity index (χ1n) is 10.0. The van der Waals surface area contributed by atoms with Gasteiger partial charge in [-0.2, -0.15) is 13.2 Å². The van der Waals surface area contributed by atoms with Crippen LogP contribution in [0.5, 0.6) is 0 Å². The van der Waals surface area contributed by atoms with Gasteiger partial charge in [0, 0.05) is 51.1 Å². The van der Waals surface area contributed by atoms with E-state index in [1.165, 1.54) is 6.07 Å². The Morgan fingerprint density at radius 1 is 1.03 bits per heavy atom. The van der Waals surface area contributed by atoms with E-state index < -0.39 is 23.6 Å². The number of rotatable bonds is 3. The number of carbonyl (C=O) groups excluding carboxylic acids is 2. The van der Waals surface area contributed by atoms with Gasteiger partial charge in [-0.3, -0.25) is 9.59 Å². The van der Waals surface area contributed by atoms with Gasteiger partial charge >= 0.3 is 6.18 Å². The fraction of sp³-hybridized carbons (Fsp3) is 0.619. The van der Waals surface area contributed by atoms with Crippen LogP contribution in [-0.2, 0) is 15.8 Å². The molecule has 0 unspecified atom stereocenters. The maximum atomic E-state index is 13.3. The van der Waals surface area contributed by atoms with Gasteiger partial charge in [0.05, 0.1) is 11.5 Å². The molecule has 1 aromatic rings. The van der Waals surface area contributed by atoms with Crippen molar-refractivity contribution < 1.29 is 22.8 Å². The maximum absolute atomic E-state index is 13.3. The smallest absolute Gasteiger partial charge is 0.341 e. The van der Waals surface area contributed by atoms with Crippen LogP contribution in [0.25, 0.3) is 0 Å². The molecule has 5 nitrogen and oxygen atoms in total. The first-order valence-corrected chi connectivity index (χ1v) is 10.0. The second-order valence-corrected chi connectivity index (χ2v) is 8.36. The molecule has 3 rings (SSSR count). The molecule has 0 aromatic heterocycles. The Labute approximate surface area is 169 Å². The standard InChI is InChI=1S/C21H28F3N3O2/c1-14(2)19(28)27-12-17(15-5-4-6-16(11-15)21(22,23)24)18(13-27)20(29)26-9-7-25(3)8-10-26/h4-6,11,14,17-18H,7-10,12-13H2,1-3H3/t17-,18+/m0/s1. The van der Waals surface area contributed by atoms with Crippen LogP contribution in [0.3, 0.4) is 0 Å². The lowest BCUT2D eigenvalue weighted by Gasteiger charge is -2.35. The molecule has 8 heteroatoms. The molecule has 2 atom stereocenters. The predicted molar refractivity (Wildman–Crippen MR) is 103 cm³/mol. The molecular formula is C21H28F3N3O2. The topological polar surface area (TPSA) is 43.9 Å². The second-order valence-electron chi connectivity index (χ2n) is 8.36. The van der Waals surface area contributed by atoms with Crippen LogP contribution in [0, 0.1) is 11.8 Å². The maximum Gasteiger partial charge on any atom is 0.416 e. The van der Waals surface area contributed by atoms with Crippen molar-refractivity contribution in [3.63, 3.8) is 0 Å². The molecule has 0 bridgehead atoms.